The number of pyridine rings is 1. The summed E-state index contributed by atoms with van der Waals surface area (Å²) in [7, 11) is 2.39. The summed E-state index contributed by atoms with van der Waals surface area (Å²) in [5, 5.41) is 14.7. The Balaban J connectivity index is 2.63. The molecule has 2 heterocycles. The molecular weight excluding hydrogens is 342 g/mol. The molecule has 0 saturated heterocycles. The van der Waals surface area contributed by atoms with Crippen LogP contribution < -0.4 is 5.56 Å². The van der Waals surface area contributed by atoms with Crippen LogP contribution in [0.2, 0.25) is 0 Å². The van der Waals surface area contributed by atoms with Crippen molar-refractivity contribution in [2.45, 2.75) is 32.2 Å². The number of carbonyl (C=O) groups is 2. The largest absolute Gasteiger partial charge is 0.506 e. The van der Waals surface area contributed by atoms with Crippen LogP contribution in [0.5, 0.6) is 5.75 Å². The van der Waals surface area contributed by atoms with Gasteiger partial charge in [-0.2, -0.15) is 5.10 Å². The van der Waals surface area contributed by atoms with E-state index < -0.39 is 29.2 Å². The molecule has 26 heavy (non-hydrogen) atoms. The third kappa shape index (κ3) is 3.76. The summed E-state index contributed by atoms with van der Waals surface area (Å²) in [4.78, 5) is 38.5. The number of methoxy groups -OCH3 is 2. The predicted molar refractivity (Wildman–Crippen MR) is 91.2 cm³/mol. The van der Waals surface area contributed by atoms with Crippen LogP contribution in [0.4, 0.5) is 0 Å². The Morgan fingerprint density at radius 2 is 2.00 bits per heavy atom. The van der Waals surface area contributed by atoms with Gasteiger partial charge in [0.15, 0.2) is 0 Å². The van der Waals surface area contributed by atoms with Crippen molar-refractivity contribution in [1.82, 2.24) is 14.8 Å². The molecule has 0 aliphatic heterocycles. The highest BCUT2D eigenvalue weighted by atomic mass is 16.5. The summed E-state index contributed by atoms with van der Waals surface area (Å²) in [5.74, 6) is -2.76. The molecule has 0 aliphatic rings. The first-order valence-electron chi connectivity index (χ1n) is 7.93. The van der Waals surface area contributed by atoms with Gasteiger partial charge in [0, 0.05) is 24.4 Å². The van der Waals surface area contributed by atoms with Gasteiger partial charge in [-0.3, -0.25) is 14.3 Å². The Morgan fingerprint density at radius 3 is 2.54 bits per heavy atom. The number of aromatic hydroxyl groups is 1. The lowest BCUT2D eigenvalue weighted by atomic mass is 9.89. The van der Waals surface area contributed by atoms with Gasteiger partial charge in [0.05, 0.1) is 32.4 Å². The molecule has 0 radical (unpaired) electrons. The third-order valence-electron chi connectivity index (χ3n) is 4.01. The van der Waals surface area contributed by atoms with Crippen molar-refractivity contribution < 1.29 is 24.2 Å². The van der Waals surface area contributed by atoms with Gasteiger partial charge >= 0.3 is 11.9 Å². The molecular formula is C17H21N3O6. The average Bonchev–Trinajstić information content (AvgIpc) is 3.10. The minimum atomic E-state index is -0.844. The monoisotopic (exact) mass is 363 g/mol. The van der Waals surface area contributed by atoms with E-state index in [1.165, 1.54) is 13.3 Å². The number of esters is 2. The van der Waals surface area contributed by atoms with Crippen LogP contribution in [0.25, 0.3) is 0 Å². The summed E-state index contributed by atoms with van der Waals surface area (Å²) in [5.41, 5.74) is -0.414. The van der Waals surface area contributed by atoms with Gasteiger partial charge < -0.3 is 19.6 Å². The highest BCUT2D eigenvalue weighted by Gasteiger charge is 2.29. The molecule has 0 aromatic carbocycles. The first kappa shape index (κ1) is 19.2. The third-order valence-corrected chi connectivity index (χ3v) is 4.01. The van der Waals surface area contributed by atoms with Crippen molar-refractivity contribution in [3.63, 3.8) is 0 Å². The molecule has 2 rings (SSSR count). The van der Waals surface area contributed by atoms with Gasteiger partial charge in [-0.15, -0.1) is 0 Å². The Labute approximate surface area is 149 Å². The molecule has 0 amide bonds. The molecule has 0 bridgehead atoms. The minimum absolute atomic E-state index is 0.0656. The second-order valence-electron chi connectivity index (χ2n) is 5.97. The maximum atomic E-state index is 12.4. The van der Waals surface area contributed by atoms with Gasteiger partial charge in [-0.25, -0.2) is 4.79 Å². The molecule has 0 aliphatic carbocycles. The molecule has 0 spiro atoms. The number of nitrogens with zero attached hydrogens (tertiary/aromatic N) is 2. The average molecular weight is 363 g/mol. The van der Waals surface area contributed by atoms with E-state index in [2.05, 4.69) is 14.8 Å². The molecule has 0 fully saturated rings. The van der Waals surface area contributed by atoms with E-state index in [-0.39, 0.29) is 23.6 Å². The van der Waals surface area contributed by atoms with Crippen molar-refractivity contribution in [1.29, 1.82) is 0 Å². The summed E-state index contributed by atoms with van der Waals surface area (Å²) in [6.45, 7) is 3.85. The molecule has 0 unspecified atom stereocenters. The number of H-pyrrole nitrogens is 1. The van der Waals surface area contributed by atoms with Gasteiger partial charge in [0.2, 0.25) is 0 Å². The SMILES string of the molecule is COC(=O)C[C@H](c1cnn(C(C)C)c1)c1c(O)c(C(=O)OC)c[nH]c1=O. The predicted octanol–water partition coefficient (Wildman–Crippen LogP) is 1.34. The van der Waals surface area contributed by atoms with E-state index in [4.69, 9.17) is 4.74 Å². The van der Waals surface area contributed by atoms with E-state index in [1.54, 1.807) is 10.9 Å². The van der Waals surface area contributed by atoms with E-state index in [9.17, 15) is 19.5 Å². The van der Waals surface area contributed by atoms with Crippen LogP contribution in [0, 0.1) is 0 Å². The molecule has 1 atom stereocenters. The lowest BCUT2D eigenvalue weighted by Crippen LogP contribution is -2.22. The number of aromatic nitrogens is 3. The first-order valence-corrected chi connectivity index (χ1v) is 7.93. The van der Waals surface area contributed by atoms with Crippen molar-refractivity contribution in [2.75, 3.05) is 14.2 Å². The summed E-state index contributed by atoms with van der Waals surface area (Å²) in [6, 6.07) is 0.0656. The number of nitrogens with one attached hydrogen (secondary N) is 1. The molecule has 140 valence electrons. The summed E-state index contributed by atoms with van der Waals surface area (Å²) < 4.78 is 11.0. The standard InChI is InChI=1S/C17H21N3O6/c1-9(2)20-8-10(6-19-20)11(5-13(21)25-3)14-15(22)12(17(24)26-4)7-18-16(14)23/h6-9,11H,5H2,1-4H3,(H2,18,22,23)/t11-/m1/s1. The second-order valence-corrected chi connectivity index (χ2v) is 5.97. The molecule has 2 aromatic rings. The zero-order valence-electron chi connectivity index (χ0n) is 15.0. The zero-order valence-corrected chi connectivity index (χ0v) is 15.0. The van der Waals surface area contributed by atoms with E-state index in [0.717, 1.165) is 13.3 Å². The fourth-order valence-corrected chi connectivity index (χ4v) is 2.58. The van der Waals surface area contributed by atoms with Crippen LogP contribution in [0.1, 0.15) is 53.7 Å². The molecule has 2 N–H and O–H groups in total. The number of aromatic amines is 1. The lowest BCUT2D eigenvalue weighted by Gasteiger charge is -2.16. The van der Waals surface area contributed by atoms with E-state index in [1.807, 2.05) is 13.8 Å². The molecule has 9 nitrogen and oxygen atoms in total. The van der Waals surface area contributed by atoms with Gasteiger partial charge in [-0.05, 0) is 19.4 Å². The smallest absolute Gasteiger partial charge is 0.343 e. The summed E-state index contributed by atoms with van der Waals surface area (Å²) in [6.07, 6.45) is 4.06. The number of rotatable bonds is 6. The van der Waals surface area contributed by atoms with Gasteiger partial charge in [-0.1, -0.05) is 0 Å². The Kier molecular flexibility index (Phi) is 5.81. The first-order chi connectivity index (χ1) is 12.3. The molecule has 9 heteroatoms. The molecule has 2 aromatic heterocycles. The van der Waals surface area contributed by atoms with Crippen molar-refractivity contribution in [3.8, 4) is 5.75 Å². The Hall–Kier alpha value is -3.10. The van der Waals surface area contributed by atoms with Crippen LogP contribution in [0.3, 0.4) is 0 Å². The zero-order chi connectivity index (χ0) is 19.4. The lowest BCUT2D eigenvalue weighted by molar-refractivity contribution is -0.140. The topological polar surface area (TPSA) is 124 Å². The maximum Gasteiger partial charge on any atom is 0.343 e. The number of hydrogen-bond acceptors (Lipinski definition) is 7. The maximum absolute atomic E-state index is 12.4. The van der Waals surface area contributed by atoms with Crippen LogP contribution in [-0.2, 0) is 14.3 Å². The Bertz CT molecular complexity index is 868. The summed E-state index contributed by atoms with van der Waals surface area (Å²) >= 11 is 0. The van der Waals surface area contributed by atoms with Crippen molar-refractivity contribution >= 4 is 11.9 Å². The van der Waals surface area contributed by atoms with Crippen molar-refractivity contribution in [2.24, 2.45) is 0 Å². The number of carbonyl (C=O) groups excluding carboxylic acids is 2. The van der Waals surface area contributed by atoms with E-state index in [0.29, 0.717) is 5.56 Å². The number of hydrogen-bond donors (Lipinski definition) is 2. The van der Waals surface area contributed by atoms with Crippen LogP contribution in [0.15, 0.2) is 23.4 Å². The van der Waals surface area contributed by atoms with Gasteiger partial charge in [0.25, 0.3) is 5.56 Å². The Morgan fingerprint density at radius 1 is 1.31 bits per heavy atom. The minimum Gasteiger partial charge on any atom is -0.506 e. The van der Waals surface area contributed by atoms with E-state index >= 15 is 0 Å². The highest BCUT2D eigenvalue weighted by Crippen LogP contribution is 2.33. The fourth-order valence-electron chi connectivity index (χ4n) is 2.58. The quantitative estimate of drug-likeness (QED) is 0.742. The van der Waals surface area contributed by atoms with Gasteiger partial charge in [0.1, 0.15) is 11.3 Å². The molecule has 0 saturated carbocycles. The van der Waals surface area contributed by atoms with Crippen LogP contribution in [-0.4, -0.2) is 46.0 Å². The van der Waals surface area contributed by atoms with Crippen molar-refractivity contribution in [3.05, 3.63) is 45.6 Å². The number of ether oxygens (including phenoxy) is 2. The fraction of sp³-hybridized carbons (Fsp3) is 0.412. The normalized spacial score (nSPS) is 12.0. The highest BCUT2D eigenvalue weighted by molar-refractivity contribution is 5.92. The van der Waals surface area contributed by atoms with Crippen LogP contribution >= 0.6 is 0 Å². The second kappa shape index (κ2) is 7.85.